The van der Waals surface area contributed by atoms with Gasteiger partial charge in [-0.1, -0.05) is 0 Å². The van der Waals surface area contributed by atoms with Crippen LogP contribution in [0, 0.1) is 0 Å². The third-order valence-corrected chi connectivity index (χ3v) is 3.61. The van der Waals surface area contributed by atoms with Crippen molar-refractivity contribution in [2.24, 2.45) is 7.05 Å². The lowest BCUT2D eigenvalue weighted by molar-refractivity contribution is 0.0913. The molecule has 0 aromatic carbocycles. The van der Waals surface area contributed by atoms with E-state index >= 15 is 0 Å². The second-order valence-electron chi connectivity index (χ2n) is 5.13. The molecular weight excluding hydrogens is 300 g/mol. The minimum atomic E-state index is -0.361. The summed E-state index contributed by atoms with van der Waals surface area (Å²) in [6, 6.07) is 1.03. The number of hydrogen-bond acceptors (Lipinski definition) is 6. The topological polar surface area (TPSA) is 103 Å². The van der Waals surface area contributed by atoms with E-state index < -0.39 is 0 Å². The Bertz CT molecular complexity index is 689. The number of imidazole rings is 1. The van der Waals surface area contributed by atoms with Crippen molar-refractivity contribution >= 4 is 11.8 Å². The van der Waals surface area contributed by atoms with Gasteiger partial charge in [-0.25, -0.2) is 19.7 Å². The van der Waals surface area contributed by atoms with Gasteiger partial charge in [0.25, 0.3) is 0 Å². The average Bonchev–Trinajstić information content (AvgIpc) is 3.15. The maximum atomic E-state index is 12.2. The summed E-state index contributed by atoms with van der Waals surface area (Å²) in [6.07, 6.45) is 5.34. The smallest absolute Gasteiger partial charge is 0.320 e. The number of carbonyl (C=O) groups excluding carboxylic acids is 1. The van der Waals surface area contributed by atoms with Crippen LogP contribution >= 0.6 is 0 Å². The molecule has 2 N–H and O–H groups in total. The first kappa shape index (κ1) is 15.2. The van der Waals surface area contributed by atoms with E-state index in [2.05, 4.69) is 25.6 Å². The molecule has 0 radical (unpaired) electrons. The molecular formula is C14H18N6O3. The highest BCUT2D eigenvalue weighted by Gasteiger charge is 2.33. The molecule has 122 valence electrons. The van der Waals surface area contributed by atoms with Crippen LogP contribution in [0.1, 0.15) is 18.3 Å². The van der Waals surface area contributed by atoms with Crippen molar-refractivity contribution in [2.45, 2.75) is 18.6 Å². The zero-order valence-electron chi connectivity index (χ0n) is 12.9. The maximum absolute atomic E-state index is 12.2. The quantitative estimate of drug-likeness (QED) is 0.867. The molecule has 3 rings (SSSR count). The number of hydrogen-bond donors (Lipinski definition) is 2. The first-order valence-corrected chi connectivity index (χ1v) is 7.19. The molecule has 9 heteroatoms. The summed E-state index contributed by atoms with van der Waals surface area (Å²) < 4.78 is 12.6. The Morgan fingerprint density at radius 1 is 1.43 bits per heavy atom. The van der Waals surface area contributed by atoms with Gasteiger partial charge in [-0.3, -0.25) is 5.32 Å². The third kappa shape index (κ3) is 3.39. The van der Waals surface area contributed by atoms with E-state index in [-0.39, 0.29) is 18.2 Å². The summed E-state index contributed by atoms with van der Waals surface area (Å²) in [6.45, 7) is 0.573. The number of ether oxygens (including phenoxy) is 2. The van der Waals surface area contributed by atoms with Gasteiger partial charge in [0.05, 0.1) is 13.2 Å². The van der Waals surface area contributed by atoms with E-state index in [9.17, 15) is 4.79 Å². The monoisotopic (exact) mass is 318 g/mol. The van der Waals surface area contributed by atoms with Gasteiger partial charge < -0.3 is 19.4 Å². The van der Waals surface area contributed by atoms with Crippen LogP contribution in [0.4, 0.5) is 10.6 Å². The SMILES string of the molecule is COc1cc(NC(=O)N[C@H]2CCO[C@@H]2c2nccn2C)ncn1. The van der Waals surface area contributed by atoms with Crippen molar-refractivity contribution in [2.75, 3.05) is 19.0 Å². The summed E-state index contributed by atoms with van der Waals surface area (Å²) in [5.74, 6) is 1.53. The summed E-state index contributed by atoms with van der Waals surface area (Å²) >= 11 is 0. The first-order chi connectivity index (χ1) is 11.2. The Balaban J connectivity index is 1.64. The number of rotatable bonds is 4. The molecule has 0 saturated carbocycles. The number of nitrogens with zero attached hydrogens (tertiary/aromatic N) is 4. The summed E-state index contributed by atoms with van der Waals surface area (Å²) in [7, 11) is 3.40. The van der Waals surface area contributed by atoms with Gasteiger partial charge in [0.1, 0.15) is 24.1 Å². The van der Waals surface area contributed by atoms with E-state index in [0.717, 1.165) is 12.2 Å². The normalized spacial score (nSPS) is 20.3. The van der Waals surface area contributed by atoms with Crippen LogP contribution in [0.15, 0.2) is 24.8 Å². The number of anilines is 1. The largest absolute Gasteiger partial charge is 0.481 e. The van der Waals surface area contributed by atoms with Gasteiger partial charge in [0, 0.05) is 32.1 Å². The molecule has 9 nitrogen and oxygen atoms in total. The van der Waals surface area contributed by atoms with Gasteiger partial charge in [-0.15, -0.1) is 0 Å². The lowest BCUT2D eigenvalue weighted by Crippen LogP contribution is -2.40. The van der Waals surface area contributed by atoms with Gasteiger partial charge in [-0.2, -0.15) is 0 Å². The van der Waals surface area contributed by atoms with Crippen molar-refractivity contribution < 1.29 is 14.3 Å². The Morgan fingerprint density at radius 2 is 2.30 bits per heavy atom. The highest BCUT2D eigenvalue weighted by atomic mass is 16.5. The predicted molar refractivity (Wildman–Crippen MR) is 81.0 cm³/mol. The minimum absolute atomic E-state index is 0.153. The zero-order chi connectivity index (χ0) is 16.2. The van der Waals surface area contributed by atoms with Crippen LogP contribution in [-0.2, 0) is 11.8 Å². The molecule has 2 aromatic heterocycles. The van der Waals surface area contributed by atoms with E-state index in [1.54, 1.807) is 12.3 Å². The van der Waals surface area contributed by atoms with Gasteiger partial charge in [0.15, 0.2) is 0 Å². The number of urea groups is 1. The van der Waals surface area contributed by atoms with Crippen LogP contribution in [0.5, 0.6) is 5.88 Å². The number of amides is 2. The van der Waals surface area contributed by atoms with E-state index in [4.69, 9.17) is 9.47 Å². The molecule has 0 spiro atoms. The van der Waals surface area contributed by atoms with Crippen LogP contribution in [0.3, 0.4) is 0 Å². The highest BCUT2D eigenvalue weighted by molar-refractivity contribution is 5.88. The molecule has 1 fully saturated rings. The molecule has 0 unspecified atom stereocenters. The summed E-state index contributed by atoms with van der Waals surface area (Å²) in [5, 5.41) is 5.56. The molecule has 0 aliphatic carbocycles. The standard InChI is InChI=1S/C14H18N6O3/c1-20-5-4-15-13(20)12-9(3-6-23-12)18-14(21)19-10-7-11(22-2)17-8-16-10/h4-5,7-9,12H,3,6H2,1-2H3,(H2,16,17,18,19,21)/t9-,12-/m0/s1. The molecule has 2 atom stereocenters. The lowest BCUT2D eigenvalue weighted by Gasteiger charge is -2.19. The van der Waals surface area contributed by atoms with E-state index in [1.807, 2.05) is 17.8 Å². The number of carbonyl (C=O) groups is 1. The lowest BCUT2D eigenvalue weighted by atomic mass is 10.1. The molecule has 0 bridgehead atoms. The fourth-order valence-electron chi connectivity index (χ4n) is 2.48. The van der Waals surface area contributed by atoms with Crippen LogP contribution in [-0.4, -0.2) is 45.3 Å². The van der Waals surface area contributed by atoms with E-state index in [0.29, 0.717) is 18.3 Å². The van der Waals surface area contributed by atoms with Gasteiger partial charge >= 0.3 is 6.03 Å². The molecule has 1 saturated heterocycles. The Hall–Kier alpha value is -2.68. The Morgan fingerprint density at radius 3 is 3.04 bits per heavy atom. The second-order valence-corrected chi connectivity index (χ2v) is 5.13. The van der Waals surface area contributed by atoms with Crippen molar-refractivity contribution in [3.63, 3.8) is 0 Å². The first-order valence-electron chi connectivity index (χ1n) is 7.19. The maximum Gasteiger partial charge on any atom is 0.320 e. The number of methoxy groups -OCH3 is 1. The summed E-state index contributed by atoms with van der Waals surface area (Å²) in [4.78, 5) is 24.3. The number of aryl methyl sites for hydroxylation is 1. The number of aromatic nitrogens is 4. The number of nitrogens with one attached hydrogen (secondary N) is 2. The summed E-state index contributed by atoms with van der Waals surface area (Å²) in [5.41, 5.74) is 0. The van der Waals surface area contributed by atoms with Crippen molar-refractivity contribution in [1.82, 2.24) is 24.8 Å². The fraction of sp³-hybridized carbons (Fsp3) is 0.429. The van der Waals surface area contributed by atoms with Gasteiger partial charge in [-0.05, 0) is 6.42 Å². The third-order valence-electron chi connectivity index (χ3n) is 3.61. The van der Waals surface area contributed by atoms with Crippen molar-refractivity contribution in [3.8, 4) is 5.88 Å². The van der Waals surface area contributed by atoms with E-state index in [1.165, 1.54) is 13.4 Å². The van der Waals surface area contributed by atoms with Crippen molar-refractivity contribution in [3.05, 3.63) is 30.6 Å². The zero-order valence-corrected chi connectivity index (χ0v) is 12.9. The average molecular weight is 318 g/mol. The van der Waals surface area contributed by atoms with Crippen LogP contribution in [0.25, 0.3) is 0 Å². The molecule has 1 aliphatic rings. The fourth-order valence-corrected chi connectivity index (χ4v) is 2.48. The molecule has 2 amide bonds. The molecule has 23 heavy (non-hydrogen) atoms. The Labute approximate surface area is 133 Å². The van der Waals surface area contributed by atoms with Crippen LogP contribution < -0.4 is 15.4 Å². The molecule has 3 heterocycles. The predicted octanol–water partition coefficient (Wildman–Crippen LogP) is 0.870. The van der Waals surface area contributed by atoms with Crippen molar-refractivity contribution in [1.29, 1.82) is 0 Å². The second kappa shape index (κ2) is 6.61. The van der Waals surface area contributed by atoms with Gasteiger partial charge in [0.2, 0.25) is 5.88 Å². The van der Waals surface area contributed by atoms with Crippen LogP contribution in [0.2, 0.25) is 0 Å². The Kier molecular flexibility index (Phi) is 4.38. The molecule has 1 aliphatic heterocycles. The minimum Gasteiger partial charge on any atom is -0.481 e. The highest BCUT2D eigenvalue weighted by Crippen LogP contribution is 2.27. The molecule has 2 aromatic rings.